The number of furan rings is 1. The molecule has 1 aromatic rings. The Kier molecular flexibility index (Phi) is 4.03. The van der Waals surface area contributed by atoms with Crippen molar-refractivity contribution in [1.29, 1.82) is 0 Å². The largest absolute Gasteiger partial charge is 0.472 e. The van der Waals surface area contributed by atoms with Gasteiger partial charge in [0.15, 0.2) is 0 Å². The second-order valence-corrected chi connectivity index (χ2v) is 3.63. The highest BCUT2D eigenvalue weighted by Crippen LogP contribution is 2.23. The highest BCUT2D eigenvalue weighted by Gasteiger charge is 2.14. The van der Waals surface area contributed by atoms with Gasteiger partial charge in [-0.25, -0.2) is 0 Å². The molecule has 1 heterocycles. The smallest absolute Gasteiger partial charge is 0.0937 e. The third-order valence-electron chi connectivity index (χ3n) is 2.64. The summed E-state index contributed by atoms with van der Waals surface area (Å²) in [6.07, 6.45) is 3.58. The van der Waals surface area contributed by atoms with Crippen molar-refractivity contribution >= 4 is 0 Å². The van der Waals surface area contributed by atoms with Crippen LogP contribution in [0, 0.1) is 5.92 Å². The van der Waals surface area contributed by atoms with Crippen LogP contribution in [0.25, 0.3) is 0 Å². The van der Waals surface area contributed by atoms with Crippen LogP contribution in [-0.2, 0) is 0 Å². The van der Waals surface area contributed by atoms with Crippen molar-refractivity contribution in [3.8, 4) is 0 Å². The van der Waals surface area contributed by atoms with E-state index in [1.54, 1.807) is 6.26 Å². The SMILES string of the molecule is CCNCC(C)C(C)c1ccoc1. The second kappa shape index (κ2) is 5.07. The van der Waals surface area contributed by atoms with Crippen molar-refractivity contribution in [1.82, 2.24) is 5.32 Å². The lowest BCUT2D eigenvalue weighted by Gasteiger charge is -2.18. The first-order valence-electron chi connectivity index (χ1n) is 4.98. The summed E-state index contributed by atoms with van der Waals surface area (Å²) in [5.74, 6) is 1.22. The summed E-state index contributed by atoms with van der Waals surface area (Å²) in [4.78, 5) is 0. The monoisotopic (exact) mass is 181 g/mol. The zero-order valence-corrected chi connectivity index (χ0v) is 8.71. The average Bonchev–Trinajstić information content (AvgIpc) is 2.65. The summed E-state index contributed by atoms with van der Waals surface area (Å²) in [6, 6.07) is 2.05. The van der Waals surface area contributed by atoms with Gasteiger partial charge in [-0.3, -0.25) is 0 Å². The second-order valence-electron chi connectivity index (χ2n) is 3.63. The van der Waals surface area contributed by atoms with Crippen LogP contribution in [0.4, 0.5) is 0 Å². The fraction of sp³-hybridized carbons (Fsp3) is 0.636. The van der Waals surface area contributed by atoms with E-state index in [9.17, 15) is 0 Å². The van der Waals surface area contributed by atoms with Gasteiger partial charge in [0.05, 0.1) is 12.5 Å². The van der Waals surface area contributed by atoms with Gasteiger partial charge >= 0.3 is 0 Å². The van der Waals surface area contributed by atoms with Crippen molar-refractivity contribution < 1.29 is 4.42 Å². The Morgan fingerprint density at radius 3 is 2.77 bits per heavy atom. The normalized spacial score (nSPS) is 15.6. The van der Waals surface area contributed by atoms with Crippen molar-refractivity contribution in [3.05, 3.63) is 24.2 Å². The molecule has 0 saturated carbocycles. The van der Waals surface area contributed by atoms with E-state index in [1.807, 2.05) is 12.3 Å². The van der Waals surface area contributed by atoms with E-state index in [2.05, 4.69) is 26.1 Å². The molecule has 1 aromatic heterocycles. The fourth-order valence-corrected chi connectivity index (χ4v) is 1.41. The number of hydrogen-bond donors (Lipinski definition) is 1. The molecular formula is C11H19NO. The predicted molar refractivity (Wildman–Crippen MR) is 54.8 cm³/mol. The van der Waals surface area contributed by atoms with E-state index >= 15 is 0 Å². The Hall–Kier alpha value is -0.760. The van der Waals surface area contributed by atoms with Crippen LogP contribution in [0.1, 0.15) is 32.3 Å². The molecule has 0 fully saturated rings. The Bertz CT molecular complexity index is 218. The molecule has 0 aliphatic heterocycles. The van der Waals surface area contributed by atoms with Gasteiger partial charge in [-0.1, -0.05) is 20.8 Å². The molecule has 0 aliphatic carbocycles. The van der Waals surface area contributed by atoms with E-state index in [4.69, 9.17) is 4.42 Å². The van der Waals surface area contributed by atoms with E-state index in [1.165, 1.54) is 5.56 Å². The van der Waals surface area contributed by atoms with Gasteiger partial charge in [0.25, 0.3) is 0 Å². The van der Waals surface area contributed by atoms with Crippen molar-refractivity contribution in [3.63, 3.8) is 0 Å². The molecular weight excluding hydrogens is 162 g/mol. The summed E-state index contributed by atoms with van der Waals surface area (Å²) in [6.45, 7) is 8.76. The van der Waals surface area contributed by atoms with Gasteiger partial charge < -0.3 is 9.73 Å². The van der Waals surface area contributed by atoms with Crippen LogP contribution < -0.4 is 5.32 Å². The Morgan fingerprint density at radius 1 is 1.46 bits per heavy atom. The lowest BCUT2D eigenvalue weighted by atomic mass is 9.91. The van der Waals surface area contributed by atoms with Crippen LogP contribution in [0.3, 0.4) is 0 Å². The molecule has 13 heavy (non-hydrogen) atoms. The van der Waals surface area contributed by atoms with Gasteiger partial charge in [0.1, 0.15) is 0 Å². The van der Waals surface area contributed by atoms with Gasteiger partial charge in [0.2, 0.25) is 0 Å². The minimum atomic E-state index is 0.567. The van der Waals surface area contributed by atoms with E-state index < -0.39 is 0 Å². The molecule has 0 spiro atoms. The predicted octanol–water partition coefficient (Wildman–Crippen LogP) is 2.63. The van der Waals surface area contributed by atoms with Crippen LogP contribution in [0.2, 0.25) is 0 Å². The Balaban J connectivity index is 2.43. The molecule has 74 valence electrons. The number of rotatable bonds is 5. The first-order valence-corrected chi connectivity index (χ1v) is 4.98. The summed E-state index contributed by atoms with van der Waals surface area (Å²) < 4.78 is 5.07. The highest BCUT2D eigenvalue weighted by molar-refractivity contribution is 5.12. The van der Waals surface area contributed by atoms with E-state index in [0.29, 0.717) is 11.8 Å². The lowest BCUT2D eigenvalue weighted by Crippen LogP contribution is -2.23. The number of nitrogens with one attached hydrogen (secondary N) is 1. The zero-order chi connectivity index (χ0) is 9.68. The fourth-order valence-electron chi connectivity index (χ4n) is 1.41. The molecule has 0 aromatic carbocycles. The van der Waals surface area contributed by atoms with Crippen molar-refractivity contribution in [2.45, 2.75) is 26.7 Å². The van der Waals surface area contributed by atoms with Crippen LogP contribution in [0.5, 0.6) is 0 Å². The molecule has 1 rings (SSSR count). The average molecular weight is 181 g/mol. The third kappa shape index (κ3) is 2.88. The maximum absolute atomic E-state index is 5.07. The Labute approximate surface area is 80.3 Å². The standard InChI is InChI=1S/C11H19NO/c1-4-12-7-9(2)10(3)11-5-6-13-8-11/h5-6,8-10,12H,4,7H2,1-3H3. The van der Waals surface area contributed by atoms with Crippen LogP contribution >= 0.6 is 0 Å². The summed E-state index contributed by atoms with van der Waals surface area (Å²) in [7, 11) is 0. The maximum Gasteiger partial charge on any atom is 0.0937 e. The first kappa shape index (κ1) is 10.3. The highest BCUT2D eigenvalue weighted by atomic mass is 16.3. The minimum Gasteiger partial charge on any atom is -0.472 e. The topological polar surface area (TPSA) is 25.2 Å². The molecule has 0 aliphatic rings. The van der Waals surface area contributed by atoms with Gasteiger partial charge in [-0.15, -0.1) is 0 Å². The first-order chi connectivity index (χ1) is 6.25. The zero-order valence-electron chi connectivity index (χ0n) is 8.71. The molecule has 2 heteroatoms. The van der Waals surface area contributed by atoms with Gasteiger partial charge in [0, 0.05) is 0 Å². The quantitative estimate of drug-likeness (QED) is 0.755. The van der Waals surface area contributed by atoms with Crippen molar-refractivity contribution in [2.24, 2.45) is 5.92 Å². The van der Waals surface area contributed by atoms with E-state index in [0.717, 1.165) is 13.1 Å². The molecule has 0 radical (unpaired) electrons. The van der Waals surface area contributed by atoms with Crippen molar-refractivity contribution in [2.75, 3.05) is 13.1 Å². The molecule has 2 nitrogen and oxygen atoms in total. The minimum absolute atomic E-state index is 0.567. The Morgan fingerprint density at radius 2 is 2.23 bits per heavy atom. The lowest BCUT2D eigenvalue weighted by molar-refractivity contribution is 0.449. The third-order valence-corrected chi connectivity index (χ3v) is 2.64. The van der Waals surface area contributed by atoms with Crippen LogP contribution in [-0.4, -0.2) is 13.1 Å². The van der Waals surface area contributed by atoms with E-state index in [-0.39, 0.29) is 0 Å². The molecule has 0 saturated heterocycles. The van der Waals surface area contributed by atoms with Gasteiger partial charge in [-0.2, -0.15) is 0 Å². The molecule has 0 amide bonds. The molecule has 1 N–H and O–H groups in total. The van der Waals surface area contributed by atoms with Crippen LogP contribution in [0.15, 0.2) is 23.0 Å². The summed E-state index contributed by atoms with van der Waals surface area (Å²) >= 11 is 0. The summed E-state index contributed by atoms with van der Waals surface area (Å²) in [5, 5.41) is 3.36. The molecule has 0 bridgehead atoms. The molecule has 2 atom stereocenters. The molecule has 2 unspecified atom stereocenters. The van der Waals surface area contributed by atoms with Gasteiger partial charge in [-0.05, 0) is 36.6 Å². The summed E-state index contributed by atoms with van der Waals surface area (Å²) in [5.41, 5.74) is 1.30. The maximum atomic E-state index is 5.07. The number of hydrogen-bond acceptors (Lipinski definition) is 2.